The number of hydrogen-bond acceptors (Lipinski definition) is 4. The fraction of sp³-hybridized carbons (Fsp3) is 0.533. The second kappa shape index (κ2) is 6.39. The molecule has 4 nitrogen and oxygen atoms in total. The van der Waals surface area contributed by atoms with Crippen LogP contribution in [0.1, 0.15) is 27.2 Å². The van der Waals surface area contributed by atoms with Crippen LogP contribution in [-0.2, 0) is 4.79 Å². The highest BCUT2D eigenvalue weighted by molar-refractivity contribution is 8.01. The third kappa shape index (κ3) is 4.63. The van der Waals surface area contributed by atoms with Gasteiger partial charge in [0, 0.05) is 22.9 Å². The highest BCUT2D eigenvalue weighted by Gasteiger charge is 2.15. The molecule has 1 amide bonds. The number of nitrogens with one attached hydrogen (secondary N) is 1. The number of carbonyl (C=O) groups is 1. The molecule has 1 aromatic carbocycles. The molecule has 0 unspecified atom stereocenters. The zero-order chi connectivity index (χ0) is 14.6. The summed E-state index contributed by atoms with van der Waals surface area (Å²) in [5.74, 6) is 1.88. The lowest BCUT2D eigenvalue weighted by molar-refractivity contribution is -0.113. The molecule has 0 atom stereocenters. The van der Waals surface area contributed by atoms with Crippen molar-refractivity contribution in [3.05, 3.63) is 18.2 Å². The predicted octanol–water partition coefficient (Wildman–Crippen LogP) is 3.32. The molecule has 0 aromatic heterocycles. The zero-order valence-electron chi connectivity index (χ0n) is 12.2. The van der Waals surface area contributed by atoms with Gasteiger partial charge in [0.25, 0.3) is 0 Å². The summed E-state index contributed by atoms with van der Waals surface area (Å²) in [6.07, 6.45) is 0.874. The van der Waals surface area contributed by atoms with E-state index in [1.54, 1.807) is 11.8 Å². The maximum atomic E-state index is 11.9. The molecule has 20 heavy (non-hydrogen) atoms. The molecular weight excluding hydrogens is 274 g/mol. The van der Waals surface area contributed by atoms with Crippen LogP contribution >= 0.6 is 11.8 Å². The highest BCUT2D eigenvalue weighted by Crippen LogP contribution is 2.32. The molecule has 5 heteroatoms. The van der Waals surface area contributed by atoms with Crippen molar-refractivity contribution in [1.29, 1.82) is 0 Å². The molecule has 0 spiro atoms. The molecule has 1 aliphatic heterocycles. The Kier molecular flexibility index (Phi) is 4.81. The Bertz CT molecular complexity index is 482. The molecule has 1 aromatic rings. The lowest BCUT2D eigenvalue weighted by Gasteiger charge is -2.17. The largest absolute Gasteiger partial charge is 0.490 e. The van der Waals surface area contributed by atoms with Gasteiger partial charge >= 0.3 is 0 Å². The monoisotopic (exact) mass is 295 g/mol. The molecule has 0 fully saturated rings. The first-order valence-corrected chi connectivity index (χ1v) is 7.76. The van der Waals surface area contributed by atoms with E-state index in [-0.39, 0.29) is 10.7 Å². The minimum Gasteiger partial charge on any atom is -0.490 e. The van der Waals surface area contributed by atoms with E-state index in [1.807, 2.05) is 18.2 Å². The summed E-state index contributed by atoms with van der Waals surface area (Å²) in [6, 6.07) is 5.50. The van der Waals surface area contributed by atoms with Crippen LogP contribution in [0.2, 0.25) is 0 Å². The second-order valence-electron chi connectivity index (χ2n) is 5.66. The summed E-state index contributed by atoms with van der Waals surface area (Å²) in [4.78, 5) is 11.9. The van der Waals surface area contributed by atoms with Crippen LogP contribution in [0.4, 0.5) is 5.69 Å². The van der Waals surface area contributed by atoms with E-state index >= 15 is 0 Å². The van der Waals surface area contributed by atoms with Crippen molar-refractivity contribution in [2.45, 2.75) is 31.9 Å². The van der Waals surface area contributed by atoms with Gasteiger partial charge in [0.2, 0.25) is 5.91 Å². The first kappa shape index (κ1) is 15.0. The van der Waals surface area contributed by atoms with Crippen LogP contribution < -0.4 is 14.8 Å². The lowest BCUT2D eigenvalue weighted by atomic mass is 10.2. The summed E-state index contributed by atoms with van der Waals surface area (Å²) in [5, 5.41) is 2.89. The van der Waals surface area contributed by atoms with Crippen LogP contribution in [0.25, 0.3) is 0 Å². The summed E-state index contributed by atoms with van der Waals surface area (Å²) in [6.45, 7) is 7.60. The average Bonchev–Trinajstić information content (AvgIpc) is 2.60. The zero-order valence-corrected chi connectivity index (χ0v) is 13.0. The van der Waals surface area contributed by atoms with Crippen LogP contribution in [0.5, 0.6) is 11.5 Å². The number of rotatable bonds is 3. The van der Waals surface area contributed by atoms with Gasteiger partial charge in [-0.3, -0.25) is 4.79 Å². The van der Waals surface area contributed by atoms with E-state index in [4.69, 9.17) is 9.47 Å². The number of fused-ring (bicyclic) bond motifs is 1. The summed E-state index contributed by atoms with van der Waals surface area (Å²) >= 11 is 1.63. The predicted molar refractivity (Wildman–Crippen MR) is 82.9 cm³/mol. The van der Waals surface area contributed by atoms with E-state index in [0.717, 1.165) is 17.9 Å². The van der Waals surface area contributed by atoms with Crippen molar-refractivity contribution < 1.29 is 14.3 Å². The molecular formula is C15H21NO3S. The fourth-order valence-corrected chi connectivity index (χ4v) is 2.36. The van der Waals surface area contributed by atoms with E-state index < -0.39 is 0 Å². The smallest absolute Gasteiger partial charge is 0.234 e. The number of thioether (sulfide) groups is 1. The lowest BCUT2D eigenvalue weighted by Crippen LogP contribution is -2.18. The van der Waals surface area contributed by atoms with Crippen LogP contribution in [0.3, 0.4) is 0 Å². The van der Waals surface area contributed by atoms with Gasteiger partial charge in [0.05, 0.1) is 19.0 Å². The Morgan fingerprint density at radius 1 is 1.25 bits per heavy atom. The van der Waals surface area contributed by atoms with Crippen molar-refractivity contribution in [3.8, 4) is 11.5 Å². The van der Waals surface area contributed by atoms with Gasteiger partial charge in [-0.05, 0) is 12.1 Å². The minimum atomic E-state index is -0.000541. The fourth-order valence-electron chi connectivity index (χ4n) is 1.72. The van der Waals surface area contributed by atoms with Crippen molar-refractivity contribution in [2.75, 3.05) is 24.3 Å². The molecule has 1 heterocycles. The number of hydrogen-bond donors (Lipinski definition) is 1. The SMILES string of the molecule is CC(C)(C)SCC(=O)Nc1ccc2c(c1)OCCCO2. The maximum Gasteiger partial charge on any atom is 0.234 e. The maximum absolute atomic E-state index is 11.9. The van der Waals surface area contributed by atoms with E-state index in [2.05, 4.69) is 26.1 Å². The number of anilines is 1. The molecule has 0 radical (unpaired) electrons. The Balaban J connectivity index is 1.96. The van der Waals surface area contributed by atoms with Gasteiger partial charge in [-0.1, -0.05) is 20.8 Å². The highest BCUT2D eigenvalue weighted by atomic mass is 32.2. The number of carbonyl (C=O) groups excluding carboxylic acids is 1. The first-order chi connectivity index (χ1) is 9.44. The van der Waals surface area contributed by atoms with Gasteiger partial charge in [-0.15, -0.1) is 11.8 Å². The first-order valence-electron chi connectivity index (χ1n) is 6.77. The topological polar surface area (TPSA) is 47.6 Å². The molecule has 0 saturated carbocycles. The van der Waals surface area contributed by atoms with E-state index in [1.165, 1.54) is 0 Å². The van der Waals surface area contributed by atoms with Gasteiger partial charge < -0.3 is 14.8 Å². The molecule has 110 valence electrons. The van der Waals surface area contributed by atoms with Crippen LogP contribution in [0.15, 0.2) is 18.2 Å². The van der Waals surface area contributed by atoms with E-state index in [9.17, 15) is 4.79 Å². The Labute approximate surface area is 124 Å². The van der Waals surface area contributed by atoms with Crippen molar-refractivity contribution in [1.82, 2.24) is 0 Å². The normalized spacial score (nSPS) is 14.6. The molecule has 0 aliphatic carbocycles. The second-order valence-corrected chi connectivity index (χ2v) is 7.46. The van der Waals surface area contributed by atoms with Crippen molar-refractivity contribution >= 4 is 23.4 Å². The van der Waals surface area contributed by atoms with Gasteiger partial charge in [-0.25, -0.2) is 0 Å². The Hall–Kier alpha value is -1.36. The van der Waals surface area contributed by atoms with Crippen LogP contribution in [0, 0.1) is 0 Å². The molecule has 2 rings (SSSR count). The standard InChI is InChI=1S/C15H21NO3S/c1-15(2,3)20-10-14(17)16-11-5-6-12-13(9-11)19-8-4-7-18-12/h5-6,9H,4,7-8,10H2,1-3H3,(H,16,17). The summed E-state index contributed by atoms with van der Waals surface area (Å²) in [5.41, 5.74) is 0.744. The number of ether oxygens (including phenoxy) is 2. The summed E-state index contributed by atoms with van der Waals surface area (Å²) < 4.78 is 11.2. The average molecular weight is 295 g/mol. The third-order valence-electron chi connectivity index (χ3n) is 2.67. The van der Waals surface area contributed by atoms with Gasteiger partial charge in [0.15, 0.2) is 11.5 Å². The van der Waals surface area contributed by atoms with Crippen molar-refractivity contribution in [3.63, 3.8) is 0 Å². The third-order valence-corrected chi connectivity index (χ3v) is 3.94. The quantitative estimate of drug-likeness (QED) is 0.929. The van der Waals surface area contributed by atoms with Gasteiger partial charge in [-0.2, -0.15) is 0 Å². The van der Waals surface area contributed by atoms with Gasteiger partial charge in [0.1, 0.15) is 0 Å². The molecule has 0 bridgehead atoms. The molecule has 1 aliphatic rings. The minimum absolute atomic E-state index is 0.000541. The Morgan fingerprint density at radius 2 is 1.95 bits per heavy atom. The van der Waals surface area contributed by atoms with Crippen molar-refractivity contribution in [2.24, 2.45) is 0 Å². The van der Waals surface area contributed by atoms with Crippen LogP contribution in [-0.4, -0.2) is 29.6 Å². The number of benzene rings is 1. The summed E-state index contributed by atoms with van der Waals surface area (Å²) in [7, 11) is 0. The van der Waals surface area contributed by atoms with E-state index in [0.29, 0.717) is 24.7 Å². The number of amides is 1. The molecule has 0 saturated heterocycles. The Morgan fingerprint density at radius 3 is 2.65 bits per heavy atom. The molecule has 1 N–H and O–H groups in total.